The van der Waals surface area contributed by atoms with Crippen molar-refractivity contribution in [2.24, 2.45) is 4.99 Å². The Morgan fingerprint density at radius 3 is 2.71 bits per heavy atom. The molecule has 1 heterocycles. The van der Waals surface area contributed by atoms with Crippen molar-refractivity contribution in [3.8, 4) is 0 Å². The molecule has 6 nitrogen and oxygen atoms in total. The molecule has 24 heavy (non-hydrogen) atoms. The quantitative estimate of drug-likeness (QED) is 0.235. The monoisotopic (exact) mass is 450 g/mol. The zero-order chi connectivity index (χ0) is 16.9. The maximum Gasteiger partial charge on any atom is 0.191 e. The number of hydrogen-bond donors (Lipinski definition) is 2. The van der Waals surface area contributed by atoms with Gasteiger partial charge in [0.05, 0.1) is 6.54 Å². The number of unbranched alkanes of at least 4 members (excludes halogenated alkanes) is 3. The van der Waals surface area contributed by atoms with Gasteiger partial charge in [0.2, 0.25) is 0 Å². The van der Waals surface area contributed by atoms with Crippen molar-refractivity contribution >= 4 is 29.9 Å². The van der Waals surface area contributed by atoms with Crippen LogP contribution in [0, 0.1) is 0 Å². The standard InChI is InChI=1S/C17H34N6.HI/c1-5-8-9-10-11-15(4)21-17(18-7-3)19-12-13-23-14-20-22-16(23)6-2;/h14-15H,5-13H2,1-4H3,(H2,18,19,21);1H. The van der Waals surface area contributed by atoms with Gasteiger partial charge in [0.15, 0.2) is 5.96 Å². The molecule has 1 atom stereocenters. The van der Waals surface area contributed by atoms with Crippen LogP contribution in [0.4, 0.5) is 0 Å². The second-order valence-electron chi connectivity index (χ2n) is 5.95. The first-order chi connectivity index (χ1) is 11.2. The largest absolute Gasteiger partial charge is 0.357 e. The molecule has 0 bridgehead atoms. The highest BCUT2D eigenvalue weighted by Gasteiger charge is 2.05. The lowest BCUT2D eigenvalue weighted by atomic mass is 10.1. The van der Waals surface area contributed by atoms with Crippen LogP contribution in [-0.2, 0) is 13.0 Å². The first-order valence-corrected chi connectivity index (χ1v) is 9.12. The number of nitrogens with zero attached hydrogens (tertiary/aromatic N) is 4. The van der Waals surface area contributed by atoms with E-state index in [1.807, 2.05) is 0 Å². The van der Waals surface area contributed by atoms with Gasteiger partial charge in [0.25, 0.3) is 0 Å². The summed E-state index contributed by atoms with van der Waals surface area (Å²) in [7, 11) is 0. The molecule has 0 saturated carbocycles. The molecule has 0 radical (unpaired) electrons. The molecule has 1 aromatic heterocycles. The Bertz CT molecular complexity index is 446. The summed E-state index contributed by atoms with van der Waals surface area (Å²) in [6, 6.07) is 0.450. The highest BCUT2D eigenvalue weighted by molar-refractivity contribution is 14.0. The molecule has 1 rings (SSSR count). The number of aromatic nitrogens is 3. The van der Waals surface area contributed by atoms with E-state index in [1.165, 1.54) is 32.1 Å². The summed E-state index contributed by atoms with van der Waals surface area (Å²) < 4.78 is 2.07. The number of hydrogen-bond acceptors (Lipinski definition) is 3. The van der Waals surface area contributed by atoms with Crippen LogP contribution in [0.5, 0.6) is 0 Å². The highest BCUT2D eigenvalue weighted by atomic mass is 127. The summed E-state index contributed by atoms with van der Waals surface area (Å²) >= 11 is 0. The molecule has 0 aliphatic rings. The lowest BCUT2D eigenvalue weighted by molar-refractivity contribution is 0.536. The Hall–Kier alpha value is -0.860. The third kappa shape index (κ3) is 9.44. The smallest absolute Gasteiger partial charge is 0.191 e. The van der Waals surface area contributed by atoms with E-state index >= 15 is 0 Å². The minimum absolute atomic E-state index is 0. The molecule has 7 heteroatoms. The summed E-state index contributed by atoms with van der Waals surface area (Å²) in [5, 5.41) is 14.9. The predicted molar refractivity (Wildman–Crippen MR) is 112 cm³/mol. The van der Waals surface area contributed by atoms with E-state index in [2.05, 4.69) is 58.1 Å². The van der Waals surface area contributed by atoms with Crippen LogP contribution in [0.3, 0.4) is 0 Å². The second kappa shape index (κ2) is 14.5. The topological polar surface area (TPSA) is 67.1 Å². The van der Waals surface area contributed by atoms with Crippen LogP contribution in [-0.4, -0.2) is 39.9 Å². The molecule has 1 unspecified atom stereocenters. The van der Waals surface area contributed by atoms with Crippen LogP contribution < -0.4 is 10.6 Å². The third-order valence-corrected chi connectivity index (χ3v) is 3.84. The normalized spacial score (nSPS) is 12.6. The molecule has 0 aromatic carbocycles. The van der Waals surface area contributed by atoms with Crippen molar-refractivity contribution in [2.45, 2.75) is 78.8 Å². The summed E-state index contributed by atoms with van der Waals surface area (Å²) in [6.45, 7) is 11.1. The third-order valence-electron chi connectivity index (χ3n) is 3.84. The first-order valence-electron chi connectivity index (χ1n) is 9.12. The van der Waals surface area contributed by atoms with Gasteiger partial charge in [-0.1, -0.05) is 39.5 Å². The SMILES string of the molecule is CCCCCCC(C)NC(=NCCn1cnnc1CC)NCC.I. The molecular weight excluding hydrogens is 415 g/mol. The van der Waals surface area contributed by atoms with E-state index < -0.39 is 0 Å². The van der Waals surface area contributed by atoms with Gasteiger partial charge in [-0.2, -0.15) is 0 Å². The van der Waals surface area contributed by atoms with E-state index in [1.54, 1.807) is 6.33 Å². The van der Waals surface area contributed by atoms with Crippen LogP contribution in [0.1, 0.15) is 65.6 Å². The summed E-state index contributed by atoms with van der Waals surface area (Å²) in [5.74, 6) is 1.92. The van der Waals surface area contributed by atoms with E-state index in [-0.39, 0.29) is 24.0 Å². The number of guanidine groups is 1. The van der Waals surface area contributed by atoms with Gasteiger partial charge >= 0.3 is 0 Å². The molecule has 2 N–H and O–H groups in total. The number of aliphatic imine (C=N–C) groups is 1. The second-order valence-corrected chi connectivity index (χ2v) is 5.95. The molecule has 1 aromatic rings. The van der Waals surface area contributed by atoms with Crippen molar-refractivity contribution in [3.05, 3.63) is 12.2 Å². The Morgan fingerprint density at radius 1 is 1.25 bits per heavy atom. The summed E-state index contributed by atoms with van der Waals surface area (Å²) in [5.41, 5.74) is 0. The van der Waals surface area contributed by atoms with E-state index in [4.69, 9.17) is 0 Å². The fourth-order valence-electron chi connectivity index (χ4n) is 2.51. The lowest BCUT2D eigenvalue weighted by Gasteiger charge is -2.17. The Labute approximate surface area is 164 Å². The molecule has 0 amide bonds. The fraction of sp³-hybridized carbons (Fsp3) is 0.824. The number of nitrogens with one attached hydrogen (secondary N) is 2. The molecule has 0 fully saturated rings. The Morgan fingerprint density at radius 2 is 2.04 bits per heavy atom. The van der Waals surface area contributed by atoms with Gasteiger partial charge in [-0.15, -0.1) is 34.2 Å². The van der Waals surface area contributed by atoms with Gasteiger partial charge in [-0.05, 0) is 20.3 Å². The van der Waals surface area contributed by atoms with Crippen LogP contribution in [0.2, 0.25) is 0 Å². The molecule has 0 spiro atoms. The van der Waals surface area contributed by atoms with Crippen molar-refractivity contribution in [1.29, 1.82) is 0 Å². The predicted octanol–water partition coefficient (Wildman–Crippen LogP) is 3.37. The summed E-state index contributed by atoms with van der Waals surface area (Å²) in [6.07, 6.45) is 9.09. The molecule has 0 saturated heterocycles. The molecular formula is C17H35IN6. The average molecular weight is 450 g/mol. The van der Waals surface area contributed by atoms with Crippen molar-refractivity contribution in [1.82, 2.24) is 25.4 Å². The minimum Gasteiger partial charge on any atom is -0.357 e. The van der Waals surface area contributed by atoms with Crippen molar-refractivity contribution in [2.75, 3.05) is 13.1 Å². The first kappa shape index (κ1) is 23.1. The average Bonchev–Trinajstić information content (AvgIpc) is 2.99. The number of aryl methyl sites for hydroxylation is 1. The minimum atomic E-state index is 0. The maximum absolute atomic E-state index is 4.67. The van der Waals surface area contributed by atoms with Gasteiger partial charge < -0.3 is 15.2 Å². The molecule has 0 aliphatic carbocycles. The highest BCUT2D eigenvalue weighted by Crippen LogP contribution is 2.05. The fourth-order valence-corrected chi connectivity index (χ4v) is 2.51. The zero-order valence-electron chi connectivity index (χ0n) is 15.7. The van der Waals surface area contributed by atoms with Crippen molar-refractivity contribution < 1.29 is 0 Å². The van der Waals surface area contributed by atoms with E-state index in [0.717, 1.165) is 37.8 Å². The van der Waals surface area contributed by atoms with Crippen LogP contribution >= 0.6 is 24.0 Å². The lowest BCUT2D eigenvalue weighted by Crippen LogP contribution is -2.42. The molecule has 0 aliphatic heterocycles. The summed E-state index contributed by atoms with van der Waals surface area (Å²) in [4.78, 5) is 4.67. The van der Waals surface area contributed by atoms with E-state index in [0.29, 0.717) is 6.04 Å². The number of rotatable bonds is 11. The van der Waals surface area contributed by atoms with Gasteiger partial charge in [0, 0.05) is 25.6 Å². The molecule has 140 valence electrons. The Kier molecular flexibility index (Phi) is 14.0. The van der Waals surface area contributed by atoms with Gasteiger partial charge in [0.1, 0.15) is 12.2 Å². The zero-order valence-corrected chi connectivity index (χ0v) is 18.0. The van der Waals surface area contributed by atoms with E-state index in [9.17, 15) is 0 Å². The van der Waals surface area contributed by atoms with Crippen LogP contribution in [0.15, 0.2) is 11.3 Å². The van der Waals surface area contributed by atoms with Crippen LogP contribution in [0.25, 0.3) is 0 Å². The van der Waals surface area contributed by atoms with Crippen molar-refractivity contribution in [3.63, 3.8) is 0 Å². The maximum atomic E-state index is 4.67. The Balaban J connectivity index is 0.00000529. The van der Waals surface area contributed by atoms with Gasteiger partial charge in [-0.3, -0.25) is 4.99 Å². The van der Waals surface area contributed by atoms with Gasteiger partial charge in [-0.25, -0.2) is 0 Å². The number of halogens is 1.